The van der Waals surface area contributed by atoms with Gasteiger partial charge in [-0.2, -0.15) is 0 Å². The summed E-state index contributed by atoms with van der Waals surface area (Å²) in [7, 11) is 0. The van der Waals surface area contributed by atoms with Crippen molar-refractivity contribution in [3.63, 3.8) is 0 Å². The van der Waals surface area contributed by atoms with Gasteiger partial charge in [-0.1, -0.05) is 54.9 Å². The Hall–Kier alpha value is -2.60. The number of amides is 1. The quantitative estimate of drug-likeness (QED) is 0.580. The molecule has 1 aliphatic carbocycles. The van der Waals surface area contributed by atoms with Crippen LogP contribution < -0.4 is 5.32 Å². The van der Waals surface area contributed by atoms with E-state index < -0.39 is 0 Å². The van der Waals surface area contributed by atoms with Crippen LogP contribution in [-0.4, -0.2) is 27.5 Å². The average Bonchev–Trinajstić information content (AvgIpc) is 3.37. The van der Waals surface area contributed by atoms with Crippen molar-refractivity contribution in [2.45, 2.75) is 43.9 Å². The van der Waals surface area contributed by atoms with Gasteiger partial charge in [0.05, 0.1) is 5.69 Å². The van der Waals surface area contributed by atoms with E-state index >= 15 is 0 Å². The summed E-state index contributed by atoms with van der Waals surface area (Å²) >= 11 is 1.31. The minimum absolute atomic E-state index is 0.0392. The highest BCUT2D eigenvalue weighted by Crippen LogP contribution is 2.35. The zero-order chi connectivity index (χ0) is 20.2. The SMILES string of the molecule is CC(=O)NCCc1c(-c2ccccc2)[nH]c2ncc(SC(=O)C3CCCC3)cc12. The van der Waals surface area contributed by atoms with Crippen LogP contribution in [0.4, 0.5) is 0 Å². The molecule has 1 aromatic carbocycles. The molecular weight excluding hydrogens is 382 g/mol. The molecule has 1 aliphatic rings. The van der Waals surface area contributed by atoms with E-state index in [1.54, 1.807) is 6.20 Å². The molecule has 2 aromatic heterocycles. The first-order valence-corrected chi connectivity index (χ1v) is 11.0. The molecule has 150 valence electrons. The van der Waals surface area contributed by atoms with Gasteiger partial charge in [-0.15, -0.1) is 0 Å². The number of thioether (sulfide) groups is 1. The topological polar surface area (TPSA) is 74.8 Å². The molecule has 1 amide bonds. The van der Waals surface area contributed by atoms with Crippen molar-refractivity contribution in [2.24, 2.45) is 5.92 Å². The van der Waals surface area contributed by atoms with Crippen LogP contribution in [0, 0.1) is 5.92 Å². The number of nitrogens with one attached hydrogen (secondary N) is 2. The number of hydrogen-bond donors (Lipinski definition) is 2. The van der Waals surface area contributed by atoms with E-state index in [9.17, 15) is 9.59 Å². The summed E-state index contributed by atoms with van der Waals surface area (Å²) in [6, 6.07) is 12.2. The van der Waals surface area contributed by atoms with Crippen molar-refractivity contribution in [3.8, 4) is 11.3 Å². The number of aromatic amines is 1. The standard InChI is InChI=1S/C23H25N3O2S/c1-15(27)24-12-11-19-20-13-18(29-23(28)17-9-5-6-10-17)14-25-22(20)26-21(19)16-7-3-2-4-8-16/h2-4,7-8,13-14,17H,5-6,9-12H2,1H3,(H,24,27)(H,25,26). The van der Waals surface area contributed by atoms with Gasteiger partial charge in [0.2, 0.25) is 5.91 Å². The third-order valence-corrected chi connectivity index (χ3v) is 6.44. The van der Waals surface area contributed by atoms with Crippen molar-refractivity contribution in [1.82, 2.24) is 15.3 Å². The highest BCUT2D eigenvalue weighted by atomic mass is 32.2. The molecule has 29 heavy (non-hydrogen) atoms. The van der Waals surface area contributed by atoms with Gasteiger partial charge in [0, 0.05) is 35.9 Å². The van der Waals surface area contributed by atoms with E-state index in [4.69, 9.17) is 0 Å². The molecule has 0 atom stereocenters. The van der Waals surface area contributed by atoms with Gasteiger partial charge >= 0.3 is 0 Å². The number of benzene rings is 1. The Balaban J connectivity index is 1.67. The van der Waals surface area contributed by atoms with Crippen molar-refractivity contribution in [2.75, 3.05) is 6.54 Å². The summed E-state index contributed by atoms with van der Waals surface area (Å²) in [6.45, 7) is 2.08. The van der Waals surface area contributed by atoms with Gasteiger partial charge in [-0.3, -0.25) is 9.59 Å². The van der Waals surface area contributed by atoms with Crippen molar-refractivity contribution in [1.29, 1.82) is 0 Å². The molecule has 2 heterocycles. The van der Waals surface area contributed by atoms with E-state index in [1.165, 1.54) is 18.7 Å². The maximum absolute atomic E-state index is 12.6. The highest BCUT2D eigenvalue weighted by molar-refractivity contribution is 8.13. The zero-order valence-corrected chi connectivity index (χ0v) is 17.3. The van der Waals surface area contributed by atoms with Gasteiger partial charge in [0.15, 0.2) is 5.12 Å². The molecule has 0 radical (unpaired) electrons. The average molecular weight is 408 g/mol. The number of carbonyl (C=O) groups excluding carboxylic acids is 2. The second-order valence-corrected chi connectivity index (χ2v) is 8.63. The first-order valence-electron chi connectivity index (χ1n) is 10.1. The predicted molar refractivity (Wildman–Crippen MR) is 117 cm³/mol. The van der Waals surface area contributed by atoms with E-state index in [1.807, 2.05) is 18.2 Å². The fourth-order valence-corrected chi connectivity index (χ4v) is 4.91. The van der Waals surface area contributed by atoms with E-state index in [0.717, 1.165) is 58.4 Å². The summed E-state index contributed by atoms with van der Waals surface area (Å²) in [5, 5.41) is 4.14. The lowest BCUT2D eigenvalue weighted by atomic mass is 10.0. The number of fused-ring (bicyclic) bond motifs is 1. The molecule has 2 N–H and O–H groups in total. The van der Waals surface area contributed by atoms with Crippen molar-refractivity contribution >= 4 is 33.8 Å². The van der Waals surface area contributed by atoms with Crippen molar-refractivity contribution < 1.29 is 9.59 Å². The fraction of sp³-hybridized carbons (Fsp3) is 0.348. The van der Waals surface area contributed by atoms with Crippen LogP contribution in [0.3, 0.4) is 0 Å². The summed E-state index contributed by atoms with van der Waals surface area (Å²) in [4.78, 5) is 32.8. The maximum Gasteiger partial charge on any atom is 0.216 e. The third-order valence-electron chi connectivity index (χ3n) is 5.45. The number of rotatable bonds is 6. The minimum Gasteiger partial charge on any atom is -0.356 e. The highest BCUT2D eigenvalue weighted by Gasteiger charge is 2.24. The lowest BCUT2D eigenvalue weighted by molar-refractivity contribution is -0.119. The minimum atomic E-state index is -0.0392. The Bertz CT molecular complexity index is 1020. The molecule has 4 rings (SSSR count). The molecule has 6 heteroatoms. The first-order chi connectivity index (χ1) is 14.1. The smallest absolute Gasteiger partial charge is 0.216 e. The Morgan fingerprint density at radius 1 is 1.21 bits per heavy atom. The molecular formula is C23H25N3O2S. The maximum atomic E-state index is 12.6. The molecule has 1 saturated carbocycles. The zero-order valence-electron chi connectivity index (χ0n) is 16.5. The summed E-state index contributed by atoms with van der Waals surface area (Å²) in [5.41, 5.74) is 4.02. The van der Waals surface area contributed by atoms with Crippen LogP contribution in [0.25, 0.3) is 22.3 Å². The van der Waals surface area contributed by atoms with Gasteiger partial charge in [-0.25, -0.2) is 4.98 Å². The number of aromatic nitrogens is 2. The second-order valence-electron chi connectivity index (χ2n) is 7.55. The van der Waals surface area contributed by atoms with Crippen LogP contribution in [0.5, 0.6) is 0 Å². The van der Waals surface area contributed by atoms with Crippen LogP contribution in [0.2, 0.25) is 0 Å². The lowest BCUT2D eigenvalue weighted by Crippen LogP contribution is -2.22. The summed E-state index contributed by atoms with van der Waals surface area (Å²) in [6.07, 6.45) is 6.79. The van der Waals surface area contributed by atoms with E-state index in [2.05, 4.69) is 33.5 Å². The first kappa shape index (κ1) is 19.7. The van der Waals surface area contributed by atoms with E-state index in [-0.39, 0.29) is 16.9 Å². The summed E-state index contributed by atoms with van der Waals surface area (Å²) in [5.74, 6) is 0.142. The largest absolute Gasteiger partial charge is 0.356 e. The molecule has 3 aromatic rings. The second kappa shape index (κ2) is 8.82. The van der Waals surface area contributed by atoms with E-state index in [0.29, 0.717) is 13.0 Å². The van der Waals surface area contributed by atoms with Gasteiger partial charge in [0.25, 0.3) is 0 Å². The lowest BCUT2D eigenvalue weighted by Gasteiger charge is -2.08. The van der Waals surface area contributed by atoms with Crippen LogP contribution in [0.15, 0.2) is 47.5 Å². The van der Waals surface area contributed by atoms with Crippen LogP contribution >= 0.6 is 11.8 Å². The number of carbonyl (C=O) groups is 2. The Kier molecular flexibility index (Phi) is 6.00. The molecule has 5 nitrogen and oxygen atoms in total. The van der Waals surface area contributed by atoms with Gasteiger partial charge < -0.3 is 10.3 Å². The third kappa shape index (κ3) is 4.53. The van der Waals surface area contributed by atoms with Gasteiger partial charge in [-0.05, 0) is 36.5 Å². The number of nitrogens with zero attached hydrogens (tertiary/aromatic N) is 1. The number of H-pyrrole nitrogens is 1. The monoisotopic (exact) mass is 407 g/mol. The normalized spacial score (nSPS) is 14.4. The predicted octanol–water partition coefficient (Wildman–Crippen LogP) is 4.72. The molecule has 0 saturated heterocycles. The summed E-state index contributed by atoms with van der Waals surface area (Å²) < 4.78 is 0. The Labute approximate surface area is 174 Å². The molecule has 0 aliphatic heterocycles. The Morgan fingerprint density at radius 3 is 2.69 bits per heavy atom. The van der Waals surface area contributed by atoms with Gasteiger partial charge in [0.1, 0.15) is 5.65 Å². The molecule has 1 fully saturated rings. The molecule has 0 bridgehead atoms. The Morgan fingerprint density at radius 2 is 1.97 bits per heavy atom. The van der Waals surface area contributed by atoms with Crippen LogP contribution in [0.1, 0.15) is 38.2 Å². The number of hydrogen-bond acceptors (Lipinski definition) is 4. The molecule has 0 unspecified atom stereocenters. The molecule has 0 spiro atoms. The van der Waals surface area contributed by atoms with Crippen molar-refractivity contribution in [3.05, 3.63) is 48.2 Å². The van der Waals surface area contributed by atoms with Crippen LogP contribution in [-0.2, 0) is 16.0 Å². The number of pyridine rings is 1. The fourth-order valence-electron chi connectivity index (χ4n) is 3.99.